The number of rotatable bonds is 2. The lowest BCUT2D eigenvalue weighted by Gasteiger charge is -2.51. The maximum atomic E-state index is 6.23. The Kier molecular flexibility index (Phi) is 2.43. The Morgan fingerprint density at radius 2 is 2.07 bits per heavy atom. The number of hydrogen-bond acceptors (Lipinski definition) is 3. The van der Waals surface area contributed by atoms with Crippen LogP contribution in [0.2, 0.25) is 0 Å². The van der Waals surface area contributed by atoms with Gasteiger partial charge in [0.15, 0.2) is 0 Å². The maximum absolute atomic E-state index is 6.23. The predicted molar refractivity (Wildman–Crippen MR) is 62.9 cm³/mol. The normalized spacial score (nSPS) is 19.1. The quantitative estimate of drug-likeness (QED) is 0.796. The van der Waals surface area contributed by atoms with Crippen molar-refractivity contribution in [3.63, 3.8) is 0 Å². The molecule has 1 aromatic rings. The molecule has 2 rings (SSSR count). The minimum absolute atomic E-state index is 0.0213. The molecule has 15 heavy (non-hydrogen) atoms. The fraction of sp³-hybridized carbons (Fsp3) is 0.583. The Balaban J connectivity index is 2.03. The zero-order chi connectivity index (χ0) is 11.1. The van der Waals surface area contributed by atoms with Crippen molar-refractivity contribution in [1.82, 2.24) is 4.98 Å². The molecule has 0 spiro atoms. The van der Waals surface area contributed by atoms with E-state index in [-0.39, 0.29) is 5.54 Å². The average molecular weight is 205 g/mol. The van der Waals surface area contributed by atoms with Crippen LogP contribution in [-0.4, -0.2) is 23.6 Å². The van der Waals surface area contributed by atoms with Crippen molar-refractivity contribution in [3.05, 3.63) is 23.9 Å². The van der Waals surface area contributed by atoms with Gasteiger partial charge in [-0.05, 0) is 24.5 Å². The average Bonchev–Trinajstić information content (AvgIpc) is 2.14. The molecule has 2 N–H and O–H groups in total. The highest BCUT2D eigenvalue weighted by atomic mass is 15.3. The predicted octanol–water partition coefficient (Wildman–Crippen LogP) is 1.56. The highest BCUT2D eigenvalue weighted by Crippen LogP contribution is 2.29. The van der Waals surface area contributed by atoms with Crippen molar-refractivity contribution in [3.8, 4) is 0 Å². The monoisotopic (exact) mass is 205 g/mol. The molecule has 0 bridgehead atoms. The fourth-order valence-corrected chi connectivity index (χ4v) is 1.84. The van der Waals surface area contributed by atoms with Gasteiger partial charge in [0, 0.05) is 19.3 Å². The molecule has 0 aromatic carbocycles. The lowest BCUT2D eigenvalue weighted by molar-refractivity contribution is 0.243. The van der Waals surface area contributed by atoms with Gasteiger partial charge in [0.1, 0.15) is 5.82 Å². The molecule has 1 aliphatic rings. The van der Waals surface area contributed by atoms with Gasteiger partial charge in [0.2, 0.25) is 0 Å². The molecule has 3 nitrogen and oxygen atoms in total. The first-order valence-electron chi connectivity index (χ1n) is 5.48. The standard InChI is InChI=1S/C12H19N3/c1-9(2)12(13)7-15(8-12)11-5-4-10(3)6-14-11/h4-6,9H,7-8,13H2,1-3H3. The molecular formula is C12H19N3. The van der Waals surface area contributed by atoms with E-state index in [9.17, 15) is 0 Å². The largest absolute Gasteiger partial charge is 0.353 e. The Labute approximate surface area is 91.3 Å². The van der Waals surface area contributed by atoms with Crippen LogP contribution in [0.5, 0.6) is 0 Å². The molecule has 0 amide bonds. The van der Waals surface area contributed by atoms with Gasteiger partial charge in [-0.2, -0.15) is 0 Å². The smallest absolute Gasteiger partial charge is 0.128 e. The zero-order valence-electron chi connectivity index (χ0n) is 9.70. The molecule has 1 fully saturated rings. The molecule has 0 unspecified atom stereocenters. The van der Waals surface area contributed by atoms with E-state index in [1.54, 1.807) is 0 Å². The summed E-state index contributed by atoms with van der Waals surface area (Å²) in [6.45, 7) is 8.25. The van der Waals surface area contributed by atoms with Crippen LogP contribution in [0.25, 0.3) is 0 Å². The van der Waals surface area contributed by atoms with Gasteiger partial charge in [0.05, 0.1) is 5.54 Å². The van der Waals surface area contributed by atoms with Crippen molar-refractivity contribution in [2.75, 3.05) is 18.0 Å². The van der Waals surface area contributed by atoms with Crippen molar-refractivity contribution < 1.29 is 0 Å². The highest BCUT2D eigenvalue weighted by Gasteiger charge is 2.42. The summed E-state index contributed by atoms with van der Waals surface area (Å²) in [5.41, 5.74) is 7.41. The zero-order valence-corrected chi connectivity index (χ0v) is 9.70. The third-order valence-corrected chi connectivity index (χ3v) is 3.34. The molecule has 1 aliphatic heterocycles. The summed E-state index contributed by atoms with van der Waals surface area (Å²) in [5, 5.41) is 0. The van der Waals surface area contributed by atoms with Gasteiger partial charge >= 0.3 is 0 Å². The van der Waals surface area contributed by atoms with Gasteiger partial charge in [-0.15, -0.1) is 0 Å². The number of nitrogens with zero attached hydrogens (tertiary/aromatic N) is 2. The minimum Gasteiger partial charge on any atom is -0.353 e. The number of aromatic nitrogens is 1. The topological polar surface area (TPSA) is 42.1 Å². The van der Waals surface area contributed by atoms with E-state index in [0.717, 1.165) is 18.9 Å². The number of anilines is 1. The molecule has 2 heterocycles. The second-order valence-corrected chi connectivity index (χ2v) is 4.94. The summed E-state index contributed by atoms with van der Waals surface area (Å²) < 4.78 is 0. The van der Waals surface area contributed by atoms with Crippen LogP contribution in [0, 0.1) is 12.8 Å². The van der Waals surface area contributed by atoms with Crippen LogP contribution in [0.1, 0.15) is 19.4 Å². The first-order chi connectivity index (χ1) is 7.01. The number of hydrogen-bond donors (Lipinski definition) is 1. The Morgan fingerprint density at radius 3 is 2.53 bits per heavy atom. The Morgan fingerprint density at radius 1 is 1.40 bits per heavy atom. The first kappa shape index (κ1) is 10.4. The van der Waals surface area contributed by atoms with Crippen LogP contribution in [-0.2, 0) is 0 Å². The summed E-state index contributed by atoms with van der Waals surface area (Å²) in [5.74, 6) is 1.57. The molecular weight excluding hydrogens is 186 g/mol. The van der Waals surface area contributed by atoms with Crippen LogP contribution in [0.4, 0.5) is 5.82 Å². The Hall–Kier alpha value is -1.09. The second-order valence-electron chi connectivity index (χ2n) is 4.94. The van der Waals surface area contributed by atoms with Crippen LogP contribution in [0.3, 0.4) is 0 Å². The SMILES string of the molecule is Cc1ccc(N2CC(N)(C(C)C)C2)nc1. The summed E-state index contributed by atoms with van der Waals surface area (Å²) in [7, 11) is 0. The summed E-state index contributed by atoms with van der Waals surface area (Å²) in [6, 6.07) is 4.16. The second kappa shape index (κ2) is 3.49. The van der Waals surface area contributed by atoms with E-state index in [2.05, 4.69) is 35.9 Å². The molecule has 0 radical (unpaired) electrons. The first-order valence-corrected chi connectivity index (χ1v) is 5.48. The van der Waals surface area contributed by atoms with Gasteiger partial charge in [-0.25, -0.2) is 4.98 Å². The summed E-state index contributed by atoms with van der Waals surface area (Å²) >= 11 is 0. The van der Waals surface area contributed by atoms with Crippen molar-refractivity contribution in [1.29, 1.82) is 0 Å². The molecule has 0 saturated carbocycles. The molecule has 82 valence electrons. The van der Waals surface area contributed by atoms with Crippen LogP contribution < -0.4 is 10.6 Å². The van der Waals surface area contributed by atoms with Crippen molar-refractivity contribution >= 4 is 5.82 Å². The van der Waals surface area contributed by atoms with Gasteiger partial charge in [-0.1, -0.05) is 19.9 Å². The van der Waals surface area contributed by atoms with E-state index in [1.165, 1.54) is 5.56 Å². The number of pyridine rings is 1. The molecule has 3 heteroatoms. The third kappa shape index (κ3) is 1.84. The van der Waals surface area contributed by atoms with Crippen LogP contribution in [0.15, 0.2) is 18.3 Å². The van der Waals surface area contributed by atoms with E-state index < -0.39 is 0 Å². The summed E-state index contributed by atoms with van der Waals surface area (Å²) in [6.07, 6.45) is 1.90. The van der Waals surface area contributed by atoms with E-state index in [0.29, 0.717) is 5.92 Å². The fourth-order valence-electron chi connectivity index (χ4n) is 1.84. The molecule has 0 aliphatic carbocycles. The van der Waals surface area contributed by atoms with Gasteiger partial charge < -0.3 is 10.6 Å². The molecule has 1 saturated heterocycles. The van der Waals surface area contributed by atoms with Gasteiger partial charge in [-0.3, -0.25) is 0 Å². The minimum atomic E-state index is -0.0213. The third-order valence-electron chi connectivity index (χ3n) is 3.34. The van der Waals surface area contributed by atoms with Crippen molar-refractivity contribution in [2.45, 2.75) is 26.3 Å². The molecule has 1 aromatic heterocycles. The summed E-state index contributed by atoms with van der Waals surface area (Å²) in [4.78, 5) is 6.63. The highest BCUT2D eigenvalue weighted by molar-refractivity contribution is 5.45. The van der Waals surface area contributed by atoms with E-state index in [4.69, 9.17) is 5.73 Å². The number of aryl methyl sites for hydroxylation is 1. The maximum Gasteiger partial charge on any atom is 0.128 e. The lowest BCUT2D eigenvalue weighted by atomic mass is 9.80. The lowest BCUT2D eigenvalue weighted by Crippen LogP contribution is -2.70. The van der Waals surface area contributed by atoms with Crippen molar-refractivity contribution in [2.24, 2.45) is 11.7 Å². The van der Waals surface area contributed by atoms with E-state index >= 15 is 0 Å². The number of nitrogens with two attached hydrogens (primary N) is 1. The van der Waals surface area contributed by atoms with Gasteiger partial charge in [0.25, 0.3) is 0 Å². The van der Waals surface area contributed by atoms with Crippen LogP contribution >= 0.6 is 0 Å². The molecule has 0 atom stereocenters. The van der Waals surface area contributed by atoms with E-state index in [1.807, 2.05) is 13.1 Å². The Bertz CT molecular complexity index is 336.